The van der Waals surface area contributed by atoms with E-state index in [4.69, 9.17) is 9.47 Å². The van der Waals surface area contributed by atoms with E-state index in [-0.39, 0.29) is 0 Å². The zero-order valence-corrected chi connectivity index (χ0v) is 11.2. The summed E-state index contributed by atoms with van der Waals surface area (Å²) in [5, 5.41) is 0.903. The number of fused-ring (bicyclic) bond motifs is 1. The molecule has 0 bridgehead atoms. The standard InChI is InChI=1S/C15H13N3O2/c1-19-13-4-3-10(6-14(13)20-2)11-5-12-7-16-9-18-15(12)17-8-11/h3-9H,1-2H3. The maximum atomic E-state index is 5.32. The molecular formula is C15H13N3O2. The Balaban J connectivity index is 2.10. The number of nitrogens with zero attached hydrogens (tertiary/aromatic N) is 3. The molecule has 0 unspecified atom stereocenters. The maximum absolute atomic E-state index is 5.32. The van der Waals surface area contributed by atoms with Crippen LogP contribution < -0.4 is 9.47 Å². The minimum atomic E-state index is 0.684. The van der Waals surface area contributed by atoms with Crippen molar-refractivity contribution in [2.75, 3.05) is 14.2 Å². The van der Waals surface area contributed by atoms with Crippen LogP contribution in [-0.4, -0.2) is 29.2 Å². The highest BCUT2D eigenvalue weighted by Gasteiger charge is 2.07. The van der Waals surface area contributed by atoms with Crippen LogP contribution in [0, 0.1) is 0 Å². The summed E-state index contributed by atoms with van der Waals surface area (Å²) in [6, 6.07) is 7.77. The Morgan fingerprint density at radius 2 is 1.70 bits per heavy atom. The van der Waals surface area contributed by atoms with Crippen LogP contribution in [0.3, 0.4) is 0 Å². The quantitative estimate of drug-likeness (QED) is 0.730. The van der Waals surface area contributed by atoms with Crippen molar-refractivity contribution in [3.8, 4) is 22.6 Å². The fraction of sp³-hybridized carbons (Fsp3) is 0.133. The molecule has 2 aromatic heterocycles. The molecule has 5 heteroatoms. The topological polar surface area (TPSA) is 57.1 Å². The molecule has 0 spiro atoms. The van der Waals surface area contributed by atoms with Gasteiger partial charge in [0.05, 0.1) is 14.2 Å². The fourth-order valence-electron chi connectivity index (χ4n) is 2.05. The number of aromatic nitrogens is 3. The lowest BCUT2D eigenvalue weighted by Crippen LogP contribution is -1.91. The SMILES string of the molecule is COc1ccc(-c2cnc3ncncc3c2)cc1OC. The average molecular weight is 267 g/mol. The molecular weight excluding hydrogens is 254 g/mol. The normalized spacial score (nSPS) is 10.5. The molecule has 0 atom stereocenters. The van der Waals surface area contributed by atoms with E-state index in [1.807, 2.05) is 24.3 Å². The second-order valence-electron chi connectivity index (χ2n) is 4.23. The lowest BCUT2D eigenvalue weighted by Gasteiger charge is -2.09. The Morgan fingerprint density at radius 1 is 0.850 bits per heavy atom. The van der Waals surface area contributed by atoms with Crippen LogP contribution in [0.2, 0.25) is 0 Å². The van der Waals surface area contributed by atoms with Crippen molar-refractivity contribution in [2.45, 2.75) is 0 Å². The predicted octanol–water partition coefficient (Wildman–Crippen LogP) is 2.71. The number of pyridine rings is 1. The molecule has 0 aliphatic carbocycles. The van der Waals surface area contributed by atoms with Crippen LogP contribution in [0.15, 0.2) is 43.0 Å². The molecule has 0 radical (unpaired) electrons. The summed E-state index contributed by atoms with van der Waals surface area (Å²) in [5.74, 6) is 1.39. The third-order valence-electron chi connectivity index (χ3n) is 3.07. The highest BCUT2D eigenvalue weighted by Crippen LogP contribution is 2.32. The molecule has 3 aromatic rings. The van der Waals surface area contributed by atoms with Crippen molar-refractivity contribution in [3.63, 3.8) is 0 Å². The number of rotatable bonds is 3. The highest BCUT2D eigenvalue weighted by molar-refractivity contribution is 5.80. The molecule has 0 saturated carbocycles. The highest BCUT2D eigenvalue weighted by atomic mass is 16.5. The summed E-state index contributed by atoms with van der Waals surface area (Å²) in [6.45, 7) is 0. The monoisotopic (exact) mass is 267 g/mol. The average Bonchev–Trinajstić information content (AvgIpc) is 2.53. The summed E-state index contributed by atoms with van der Waals surface area (Å²) in [5.41, 5.74) is 2.67. The molecule has 20 heavy (non-hydrogen) atoms. The van der Waals surface area contributed by atoms with Crippen molar-refractivity contribution in [3.05, 3.63) is 43.0 Å². The number of methoxy groups -OCH3 is 2. The first-order chi connectivity index (χ1) is 9.81. The molecule has 0 aliphatic heterocycles. The Kier molecular flexibility index (Phi) is 3.16. The van der Waals surface area contributed by atoms with Crippen molar-refractivity contribution in [1.29, 1.82) is 0 Å². The van der Waals surface area contributed by atoms with E-state index in [1.54, 1.807) is 26.6 Å². The molecule has 2 heterocycles. The van der Waals surface area contributed by atoms with Crippen molar-refractivity contribution < 1.29 is 9.47 Å². The lowest BCUT2D eigenvalue weighted by atomic mass is 10.1. The molecule has 0 saturated heterocycles. The largest absolute Gasteiger partial charge is 0.493 e. The van der Waals surface area contributed by atoms with E-state index in [2.05, 4.69) is 15.0 Å². The Morgan fingerprint density at radius 3 is 2.50 bits per heavy atom. The molecule has 0 N–H and O–H groups in total. The van der Waals surface area contributed by atoms with Gasteiger partial charge in [-0.05, 0) is 23.8 Å². The second kappa shape index (κ2) is 5.13. The van der Waals surface area contributed by atoms with E-state index >= 15 is 0 Å². The molecule has 0 aliphatic rings. The molecule has 1 aromatic carbocycles. The Hall–Kier alpha value is -2.69. The molecule has 0 fully saturated rings. The van der Waals surface area contributed by atoms with E-state index in [9.17, 15) is 0 Å². The van der Waals surface area contributed by atoms with Gasteiger partial charge in [-0.1, -0.05) is 6.07 Å². The van der Waals surface area contributed by atoms with Gasteiger partial charge in [0, 0.05) is 23.3 Å². The second-order valence-corrected chi connectivity index (χ2v) is 4.23. The zero-order chi connectivity index (χ0) is 13.9. The van der Waals surface area contributed by atoms with Crippen LogP contribution >= 0.6 is 0 Å². The van der Waals surface area contributed by atoms with Gasteiger partial charge in [0.25, 0.3) is 0 Å². The smallest absolute Gasteiger partial charge is 0.162 e. The number of hydrogen-bond acceptors (Lipinski definition) is 5. The summed E-state index contributed by atoms with van der Waals surface area (Å²) in [7, 11) is 3.24. The van der Waals surface area contributed by atoms with E-state index < -0.39 is 0 Å². The molecule has 3 rings (SSSR count). The third kappa shape index (κ3) is 2.14. The summed E-state index contributed by atoms with van der Waals surface area (Å²) in [4.78, 5) is 12.5. The van der Waals surface area contributed by atoms with Gasteiger partial charge in [0.15, 0.2) is 17.1 Å². The van der Waals surface area contributed by atoms with Crippen LogP contribution in [0.5, 0.6) is 11.5 Å². The molecule has 0 amide bonds. The maximum Gasteiger partial charge on any atom is 0.162 e. The summed E-state index contributed by atoms with van der Waals surface area (Å²) < 4.78 is 10.6. The van der Waals surface area contributed by atoms with Crippen LogP contribution in [0.25, 0.3) is 22.2 Å². The number of benzene rings is 1. The zero-order valence-electron chi connectivity index (χ0n) is 11.2. The van der Waals surface area contributed by atoms with Crippen LogP contribution in [-0.2, 0) is 0 Å². The fourth-order valence-corrected chi connectivity index (χ4v) is 2.05. The number of hydrogen-bond donors (Lipinski definition) is 0. The van der Waals surface area contributed by atoms with Crippen LogP contribution in [0.4, 0.5) is 0 Å². The first kappa shape index (κ1) is 12.3. The number of ether oxygens (including phenoxy) is 2. The van der Waals surface area contributed by atoms with Gasteiger partial charge >= 0.3 is 0 Å². The summed E-state index contributed by atoms with van der Waals surface area (Å²) in [6.07, 6.45) is 5.03. The third-order valence-corrected chi connectivity index (χ3v) is 3.07. The van der Waals surface area contributed by atoms with Gasteiger partial charge < -0.3 is 9.47 Å². The van der Waals surface area contributed by atoms with Gasteiger partial charge in [-0.3, -0.25) is 0 Å². The molecule has 5 nitrogen and oxygen atoms in total. The van der Waals surface area contributed by atoms with E-state index in [1.165, 1.54) is 6.33 Å². The summed E-state index contributed by atoms with van der Waals surface area (Å²) >= 11 is 0. The Labute approximate surface area is 116 Å². The van der Waals surface area contributed by atoms with Crippen molar-refractivity contribution in [1.82, 2.24) is 15.0 Å². The Bertz CT molecular complexity index is 759. The first-order valence-corrected chi connectivity index (χ1v) is 6.10. The van der Waals surface area contributed by atoms with Gasteiger partial charge in [-0.15, -0.1) is 0 Å². The van der Waals surface area contributed by atoms with E-state index in [0.29, 0.717) is 17.1 Å². The minimum Gasteiger partial charge on any atom is -0.493 e. The van der Waals surface area contributed by atoms with Crippen LogP contribution in [0.1, 0.15) is 0 Å². The van der Waals surface area contributed by atoms with Gasteiger partial charge in [-0.2, -0.15) is 0 Å². The first-order valence-electron chi connectivity index (χ1n) is 6.10. The van der Waals surface area contributed by atoms with Crippen molar-refractivity contribution in [2.24, 2.45) is 0 Å². The lowest BCUT2D eigenvalue weighted by molar-refractivity contribution is 0.355. The van der Waals surface area contributed by atoms with Gasteiger partial charge in [0.1, 0.15) is 6.33 Å². The molecule has 100 valence electrons. The van der Waals surface area contributed by atoms with Gasteiger partial charge in [-0.25, -0.2) is 15.0 Å². The predicted molar refractivity (Wildman–Crippen MR) is 75.9 cm³/mol. The van der Waals surface area contributed by atoms with Crippen molar-refractivity contribution >= 4 is 11.0 Å². The van der Waals surface area contributed by atoms with Gasteiger partial charge in [0.2, 0.25) is 0 Å². The minimum absolute atomic E-state index is 0.684. The van der Waals surface area contributed by atoms with E-state index in [0.717, 1.165) is 16.5 Å².